The number of rotatable bonds is 3. The standard InChI is InChI=1S/C10H17BO2/c1-2-4-9-5-3-6-10(9,13-11)12-8-7-9/h2H,1,3-8,11H2. The van der Waals surface area contributed by atoms with E-state index in [1.54, 1.807) is 8.05 Å². The Bertz CT molecular complexity index is 205. The smallest absolute Gasteiger partial charge is 0.261 e. The summed E-state index contributed by atoms with van der Waals surface area (Å²) in [6, 6.07) is 0. The topological polar surface area (TPSA) is 18.5 Å². The summed E-state index contributed by atoms with van der Waals surface area (Å²) in [5, 5.41) is 0. The quantitative estimate of drug-likeness (QED) is 0.483. The van der Waals surface area contributed by atoms with E-state index in [0.29, 0.717) is 0 Å². The summed E-state index contributed by atoms with van der Waals surface area (Å²) < 4.78 is 11.4. The van der Waals surface area contributed by atoms with Crippen LogP contribution in [-0.4, -0.2) is 20.4 Å². The van der Waals surface area contributed by atoms with E-state index in [4.69, 9.17) is 9.39 Å². The molecular formula is C10H17BO2. The minimum absolute atomic E-state index is 0.240. The van der Waals surface area contributed by atoms with E-state index < -0.39 is 0 Å². The van der Waals surface area contributed by atoms with Crippen LogP contribution in [0.1, 0.15) is 32.1 Å². The molecule has 2 nitrogen and oxygen atoms in total. The molecule has 3 heteroatoms. The van der Waals surface area contributed by atoms with Gasteiger partial charge in [-0.3, -0.25) is 0 Å². The largest absolute Gasteiger partial charge is 0.418 e. The van der Waals surface area contributed by atoms with Gasteiger partial charge in [-0.1, -0.05) is 6.08 Å². The number of hydrogen-bond donors (Lipinski definition) is 0. The molecule has 2 rings (SSSR count). The first kappa shape index (κ1) is 9.29. The van der Waals surface area contributed by atoms with Crippen molar-refractivity contribution in [3.63, 3.8) is 0 Å². The van der Waals surface area contributed by atoms with E-state index in [0.717, 1.165) is 25.9 Å². The van der Waals surface area contributed by atoms with Gasteiger partial charge in [-0.25, -0.2) is 0 Å². The van der Waals surface area contributed by atoms with Crippen molar-refractivity contribution in [1.82, 2.24) is 0 Å². The van der Waals surface area contributed by atoms with Gasteiger partial charge in [0.05, 0.1) is 6.61 Å². The molecule has 0 amide bonds. The first-order valence-corrected chi connectivity index (χ1v) is 5.09. The van der Waals surface area contributed by atoms with Crippen molar-refractivity contribution in [1.29, 1.82) is 0 Å². The Morgan fingerprint density at radius 1 is 1.46 bits per heavy atom. The Balaban J connectivity index is 2.27. The van der Waals surface area contributed by atoms with Gasteiger partial charge in [-0.05, 0) is 25.7 Å². The summed E-state index contributed by atoms with van der Waals surface area (Å²) in [5.41, 5.74) is 0.240. The van der Waals surface area contributed by atoms with Crippen LogP contribution in [0.15, 0.2) is 12.7 Å². The normalized spacial score (nSPS) is 43.4. The molecule has 2 unspecified atom stereocenters. The van der Waals surface area contributed by atoms with Gasteiger partial charge in [0.1, 0.15) is 0 Å². The molecule has 0 aromatic carbocycles. The molecule has 1 aliphatic carbocycles. The highest BCUT2D eigenvalue weighted by molar-refractivity contribution is 5.98. The van der Waals surface area contributed by atoms with Gasteiger partial charge in [-0.2, -0.15) is 0 Å². The van der Waals surface area contributed by atoms with E-state index >= 15 is 0 Å². The fourth-order valence-electron chi connectivity index (χ4n) is 3.08. The highest BCUT2D eigenvalue weighted by atomic mass is 16.7. The summed E-state index contributed by atoms with van der Waals surface area (Å²) >= 11 is 0. The molecule has 2 aliphatic rings. The predicted octanol–water partition coefficient (Wildman–Crippen LogP) is 1.41. The lowest BCUT2D eigenvalue weighted by molar-refractivity contribution is -0.188. The first-order chi connectivity index (χ1) is 6.29. The number of allylic oxidation sites excluding steroid dienone is 1. The minimum Gasteiger partial charge on any atom is -0.418 e. The fourth-order valence-corrected chi connectivity index (χ4v) is 3.08. The maximum Gasteiger partial charge on any atom is 0.261 e. The van der Waals surface area contributed by atoms with Crippen molar-refractivity contribution < 1.29 is 9.39 Å². The molecule has 0 bridgehead atoms. The van der Waals surface area contributed by atoms with Crippen LogP contribution < -0.4 is 0 Å². The second-order valence-electron chi connectivity index (χ2n) is 4.18. The van der Waals surface area contributed by atoms with Crippen LogP contribution >= 0.6 is 0 Å². The molecule has 1 saturated carbocycles. The Morgan fingerprint density at radius 2 is 2.31 bits per heavy atom. The van der Waals surface area contributed by atoms with Gasteiger partial charge in [0.2, 0.25) is 0 Å². The lowest BCUT2D eigenvalue weighted by atomic mass is 9.77. The summed E-state index contributed by atoms with van der Waals surface area (Å²) in [6.07, 6.45) is 7.67. The van der Waals surface area contributed by atoms with E-state index in [9.17, 15) is 0 Å². The monoisotopic (exact) mass is 180 g/mol. The molecule has 72 valence electrons. The van der Waals surface area contributed by atoms with Crippen LogP contribution in [0.2, 0.25) is 0 Å². The second-order valence-corrected chi connectivity index (χ2v) is 4.18. The molecule has 0 aromatic heterocycles. The average molecular weight is 180 g/mol. The highest BCUT2D eigenvalue weighted by Crippen LogP contribution is 2.57. The molecule has 0 spiro atoms. The number of fused-ring (bicyclic) bond motifs is 1. The second kappa shape index (κ2) is 3.14. The van der Waals surface area contributed by atoms with Crippen LogP contribution in [-0.2, 0) is 9.39 Å². The Kier molecular flexibility index (Phi) is 2.24. The summed E-state index contributed by atoms with van der Waals surface area (Å²) in [4.78, 5) is 0. The molecule has 0 aromatic rings. The van der Waals surface area contributed by atoms with Crippen LogP contribution in [0.4, 0.5) is 0 Å². The highest BCUT2D eigenvalue weighted by Gasteiger charge is 2.58. The third-order valence-corrected chi connectivity index (χ3v) is 3.75. The van der Waals surface area contributed by atoms with E-state index in [1.807, 2.05) is 6.08 Å². The van der Waals surface area contributed by atoms with E-state index in [-0.39, 0.29) is 11.2 Å². The van der Waals surface area contributed by atoms with Gasteiger partial charge in [0, 0.05) is 11.8 Å². The van der Waals surface area contributed by atoms with Crippen molar-refractivity contribution >= 4 is 8.05 Å². The zero-order valence-electron chi connectivity index (χ0n) is 8.34. The summed E-state index contributed by atoms with van der Waals surface area (Å²) in [7, 11) is 1.77. The fraction of sp³-hybridized carbons (Fsp3) is 0.800. The molecule has 1 aliphatic heterocycles. The van der Waals surface area contributed by atoms with E-state index in [1.165, 1.54) is 12.8 Å². The summed E-state index contributed by atoms with van der Waals surface area (Å²) in [6.45, 7) is 4.68. The lowest BCUT2D eigenvalue weighted by Crippen LogP contribution is -2.42. The van der Waals surface area contributed by atoms with Crippen molar-refractivity contribution in [3.8, 4) is 0 Å². The van der Waals surface area contributed by atoms with Crippen molar-refractivity contribution in [2.24, 2.45) is 5.41 Å². The lowest BCUT2D eigenvalue weighted by Gasteiger charge is -2.37. The van der Waals surface area contributed by atoms with Crippen LogP contribution in [0.25, 0.3) is 0 Å². The minimum atomic E-state index is -0.277. The van der Waals surface area contributed by atoms with Crippen LogP contribution in [0.5, 0.6) is 0 Å². The van der Waals surface area contributed by atoms with Gasteiger partial charge < -0.3 is 9.39 Å². The van der Waals surface area contributed by atoms with Gasteiger partial charge >= 0.3 is 0 Å². The van der Waals surface area contributed by atoms with Crippen LogP contribution in [0.3, 0.4) is 0 Å². The Labute approximate surface area is 80.7 Å². The third kappa shape index (κ3) is 1.10. The van der Waals surface area contributed by atoms with Gasteiger partial charge in [0.15, 0.2) is 5.79 Å². The zero-order valence-corrected chi connectivity index (χ0v) is 8.34. The predicted molar refractivity (Wildman–Crippen MR) is 54.0 cm³/mol. The molecule has 13 heavy (non-hydrogen) atoms. The Morgan fingerprint density at radius 3 is 3.00 bits per heavy atom. The third-order valence-electron chi connectivity index (χ3n) is 3.75. The molecule has 1 saturated heterocycles. The number of hydrogen-bond acceptors (Lipinski definition) is 2. The molecule has 0 N–H and O–H groups in total. The molecular weight excluding hydrogens is 163 g/mol. The Hall–Kier alpha value is -0.275. The molecule has 2 atom stereocenters. The maximum absolute atomic E-state index is 5.80. The van der Waals surface area contributed by atoms with Crippen molar-refractivity contribution in [2.75, 3.05) is 6.61 Å². The zero-order chi connectivity index (χ0) is 9.36. The molecule has 1 heterocycles. The van der Waals surface area contributed by atoms with Crippen molar-refractivity contribution in [2.45, 2.75) is 37.9 Å². The first-order valence-electron chi connectivity index (χ1n) is 5.09. The van der Waals surface area contributed by atoms with Crippen LogP contribution in [0, 0.1) is 5.41 Å². The average Bonchev–Trinajstić information content (AvgIpc) is 2.59. The van der Waals surface area contributed by atoms with E-state index in [2.05, 4.69) is 6.58 Å². The van der Waals surface area contributed by atoms with Crippen molar-refractivity contribution in [3.05, 3.63) is 12.7 Å². The maximum atomic E-state index is 5.80. The van der Waals surface area contributed by atoms with Gasteiger partial charge in [0.25, 0.3) is 8.05 Å². The molecule has 2 fully saturated rings. The SMILES string of the molecule is BOC12CCCC1(CC=C)CCO2. The molecule has 0 radical (unpaired) electrons. The van der Waals surface area contributed by atoms with Gasteiger partial charge in [-0.15, -0.1) is 6.58 Å². The summed E-state index contributed by atoms with van der Waals surface area (Å²) in [5.74, 6) is -0.277. The number of ether oxygens (including phenoxy) is 1.